The topological polar surface area (TPSA) is 132 Å². The molecular weight excluding hydrogens is 412 g/mol. The zero-order chi connectivity index (χ0) is 21.1. The molecule has 12 heteroatoms. The largest absolute Gasteiger partial charge is 0.356 e. The number of hydrogen-bond acceptors (Lipinski definition) is 8. The molecular formula is C18H17ClN8O3. The van der Waals surface area contributed by atoms with E-state index in [2.05, 4.69) is 30.3 Å². The number of hydrogen-bond donors (Lipinski definition) is 1. The summed E-state index contributed by atoms with van der Waals surface area (Å²) < 4.78 is 1.54. The average molecular weight is 429 g/mol. The highest BCUT2D eigenvalue weighted by molar-refractivity contribution is 6.31. The van der Waals surface area contributed by atoms with Crippen LogP contribution in [0.3, 0.4) is 0 Å². The first-order chi connectivity index (χ1) is 14.5. The van der Waals surface area contributed by atoms with Gasteiger partial charge in [0.2, 0.25) is 5.91 Å². The highest BCUT2D eigenvalue weighted by atomic mass is 35.5. The molecule has 4 rings (SSSR count). The molecule has 1 N–H and O–H groups in total. The molecule has 1 fully saturated rings. The predicted molar refractivity (Wildman–Crippen MR) is 109 cm³/mol. The van der Waals surface area contributed by atoms with Crippen molar-refractivity contribution in [2.75, 3.05) is 23.3 Å². The Hall–Kier alpha value is -3.60. The average Bonchev–Trinajstić information content (AvgIpc) is 3.29. The Labute approximate surface area is 175 Å². The number of nitrogens with zero attached hydrogens (tertiary/aromatic N) is 7. The molecule has 1 aliphatic heterocycles. The number of piperidine rings is 1. The van der Waals surface area contributed by atoms with E-state index in [0.29, 0.717) is 36.8 Å². The van der Waals surface area contributed by atoms with Gasteiger partial charge in [0.1, 0.15) is 30.5 Å². The van der Waals surface area contributed by atoms with Crippen LogP contribution in [0.5, 0.6) is 0 Å². The van der Waals surface area contributed by atoms with Crippen molar-refractivity contribution in [1.82, 2.24) is 24.7 Å². The SMILES string of the molecule is O=C(Nc1cc(Cl)ccc1[N+](=O)[O-])C1CCN(c2cc(-n3cncn3)ncn2)CC1. The lowest BCUT2D eigenvalue weighted by atomic mass is 9.95. The molecule has 11 nitrogen and oxygen atoms in total. The monoisotopic (exact) mass is 428 g/mol. The number of halogens is 1. The van der Waals surface area contributed by atoms with Crippen molar-refractivity contribution in [3.8, 4) is 5.82 Å². The maximum atomic E-state index is 12.7. The van der Waals surface area contributed by atoms with Gasteiger partial charge in [-0.2, -0.15) is 5.10 Å². The Morgan fingerprint density at radius 3 is 2.63 bits per heavy atom. The molecule has 1 amide bonds. The number of nitro benzene ring substituents is 1. The summed E-state index contributed by atoms with van der Waals surface area (Å²) >= 11 is 5.92. The fourth-order valence-corrected chi connectivity index (χ4v) is 3.51. The first-order valence-electron chi connectivity index (χ1n) is 9.18. The number of anilines is 2. The van der Waals surface area contributed by atoms with E-state index in [-0.39, 0.29) is 23.2 Å². The third-order valence-corrected chi connectivity index (χ3v) is 5.13. The Balaban J connectivity index is 1.40. The molecule has 1 aliphatic rings. The van der Waals surface area contributed by atoms with Gasteiger partial charge in [-0.25, -0.2) is 19.6 Å². The maximum Gasteiger partial charge on any atom is 0.292 e. The highest BCUT2D eigenvalue weighted by Crippen LogP contribution is 2.29. The van der Waals surface area contributed by atoms with Crippen LogP contribution in [0.2, 0.25) is 5.02 Å². The Kier molecular flexibility index (Phi) is 5.53. The van der Waals surface area contributed by atoms with Gasteiger partial charge in [0.25, 0.3) is 5.69 Å². The van der Waals surface area contributed by atoms with E-state index in [0.717, 1.165) is 5.82 Å². The highest BCUT2D eigenvalue weighted by Gasteiger charge is 2.27. The van der Waals surface area contributed by atoms with E-state index >= 15 is 0 Å². The summed E-state index contributed by atoms with van der Waals surface area (Å²) in [6.07, 6.45) is 5.61. The summed E-state index contributed by atoms with van der Waals surface area (Å²) in [4.78, 5) is 37.8. The van der Waals surface area contributed by atoms with Crippen molar-refractivity contribution in [1.29, 1.82) is 0 Å². The van der Waals surface area contributed by atoms with Gasteiger partial charge in [-0.05, 0) is 25.0 Å². The number of benzene rings is 1. The summed E-state index contributed by atoms with van der Waals surface area (Å²) in [7, 11) is 0. The van der Waals surface area contributed by atoms with E-state index in [4.69, 9.17) is 11.6 Å². The normalized spacial score (nSPS) is 14.5. The molecule has 0 unspecified atom stereocenters. The lowest BCUT2D eigenvalue weighted by Gasteiger charge is -2.32. The van der Waals surface area contributed by atoms with Crippen molar-refractivity contribution in [3.63, 3.8) is 0 Å². The van der Waals surface area contributed by atoms with Crippen LogP contribution in [-0.2, 0) is 4.79 Å². The first-order valence-corrected chi connectivity index (χ1v) is 9.56. The van der Waals surface area contributed by atoms with Crippen LogP contribution in [-0.4, -0.2) is 48.7 Å². The summed E-state index contributed by atoms with van der Waals surface area (Å²) in [6, 6.07) is 5.90. The van der Waals surface area contributed by atoms with Crippen LogP contribution in [0, 0.1) is 16.0 Å². The van der Waals surface area contributed by atoms with Crippen LogP contribution in [0.4, 0.5) is 17.2 Å². The van der Waals surface area contributed by atoms with E-state index < -0.39 is 4.92 Å². The van der Waals surface area contributed by atoms with Gasteiger partial charge < -0.3 is 10.2 Å². The number of carbonyl (C=O) groups excluding carboxylic acids is 1. The van der Waals surface area contributed by atoms with Crippen molar-refractivity contribution in [3.05, 3.63) is 58.4 Å². The number of aromatic nitrogens is 5. The van der Waals surface area contributed by atoms with Crippen molar-refractivity contribution in [2.24, 2.45) is 5.92 Å². The second-order valence-electron chi connectivity index (χ2n) is 6.74. The number of nitro groups is 1. The molecule has 3 aromatic rings. The molecule has 2 aromatic heterocycles. The van der Waals surface area contributed by atoms with Crippen molar-refractivity contribution in [2.45, 2.75) is 12.8 Å². The predicted octanol–water partition coefficient (Wildman–Crippen LogP) is 2.47. The van der Waals surface area contributed by atoms with Crippen molar-refractivity contribution < 1.29 is 9.72 Å². The molecule has 154 valence electrons. The molecule has 1 saturated heterocycles. The second-order valence-corrected chi connectivity index (χ2v) is 7.18. The van der Waals surface area contributed by atoms with Gasteiger partial charge in [-0.3, -0.25) is 14.9 Å². The molecule has 0 spiro atoms. The van der Waals surface area contributed by atoms with E-state index in [1.807, 2.05) is 6.07 Å². The lowest BCUT2D eigenvalue weighted by molar-refractivity contribution is -0.383. The van der Waals surface area contributed by atoms with Crippen LogP contribution in [0.15, 0.2) is 43.2 Å². The molecule has 0 aliphatic carbocycles. The standard InChI is InChI=1S/C18H17ClN8O3/c19-13-1-2-15(27(29)30)14(7-13)24-18(28)12-3-5-25(6-4-12)16-8-17(22-10-21-16)26-11-20-9-23-26/h1-2,7-12H,3-6H2,(H,24,28). The third kappa shape index (κ3) is 4.20. The molecule has 3 heterocycles. The number of amides is 1. The van der Waals surface area contributed by atoms with Gasteiger partial charge in [0, 0.05) is 36.2 Å². The van der Waals surface area contributed by atoms with Gasteiger partial charge in [0.05, 0.1) is 4.92 Å². The summed E-state index contributed by atoms with van der Waals surface area (Å²) in [5.74, 6) is 0.813. The van der Waals surface area contributed by atoms with Gasteiger partial charge >= 0.3 is 0 Å². The number of rotatable bonds is 5. The molecule has 0 saturated carbocycles. The van der Waals surface area contributed by atoms with E-state index in [1.54, 1.807) is 11.0 Å². The Morgan fingerprint density at radius 1 is 1.17 bits per heavy atom. The van der Waals surface area contributed by atoms with Crippen LogP contribution in [0.25, 0.3) is 5.82 Å². The molecule has 1 aromatic carbocycles. The van der Waals surface area contributed by atoms with E-state index in [9.17, 15) is 14.9 Å². The fraction of sp³-hybridized carbons (Fsp3) is 0.278. The lowest BCUT2D eigenvalue weighted by Crippen LogP contribution is -2.38. The zero-order valence-electron chi connectivity index (χ0n) is 15.7. The molecule has 0 atom stereocenters. The summed E-state index contributed by atoms with van der Waals surface area (Å²) in [6.45, 7) is 1.23. The molecule has 0 bridgehead atoms. The number of carbonyl (C=O) groups is 1. The zero-order valence-corrected chi connectivity index (χ0v) is 16.4. The first kappa shape index (κ1) is 19.7. The number of nitrogens with one attached hydrogen (secondary N) is 1. The Bertz CT molecular complexity index is 1070. The molecule has 30 heavy (non-hydrogen) atoms. The van der Waals surface area contributed by atoms with Crippen LogP contribution < -0.4 is 10.2 Å². The second kappa shape index (κ2) is 8.41. The summed E-state index contributed by atoms with van der Waals surface area (Å²) in [5, 5.41) is 18.2. The minimum Gasteiger partial charge on any atom is -0.356 e. The van der Waals surface area contributed by atoms with Gasteiger partial charge in [-0.15, -0.1) is 0 Å². The van der Waals surface area contributed by atoms with Crippen LogP contribution >= 0.6 is 11.6 Å². The minimum absolute atomic E-state index is 0.105. The smallest absolute Gasteiger partial charge is 0.292 e. The Morgan fingerprint density at radius 2 is 1.93 bits per heavy atom. The van der Waals surface area contributed by atoms with Crippen molar-refractivity contribution >= 4 is 34.7 Å². The van der Waals surface area contributed by atoms with Crippen LogP contribution in [0.1, 0.15) is 12.8 Å². The fourth-order valence-electron chi connectivity index (χ4n) is 3.34. The maximum absolute atomic E-state index is 12.7. The minimum atomic E-state index is -0.545. The van der Waals surface area contributed by atoms with E-state index in [1.165, 1.54) is 30.9 Å². The third-order valence-electron chi connectivity index (χ3n) is 4.89. The quantitative estimate of drug-likeness (QED) is 0.484. The summed E-state index contributed by atoms with van der Waals surface area (Å²) in [5.41, 5.74) is -0.0833. The molecule has 0 radical (unpaired) electrons. The van der Waals surface area contributed by atoms with Gasteiger partial charge in [-0.1, -0.05) is 11.6 Å². The van der Waals surface area contributed by atoms with Gasteiger partial charge in [0.15, 0.2) is 5.82 Å².